The fourth-order valence-electron chi connectivity index (χ4n) is 5.88. The lowest BCUT2D eigenvalue weighted by molar-refractivity contribution is 0.134. The molecular formula is C29H34N6O2S. The molecule has 2 aromatic carbocycles. The second kappa shape index (κ2) is 10.5. The van der Waals surface area contributed by atoms with Crippen molar-refractivity contribution in [3.63, 3.8) is 0 Å². The van der Waals surface area contributed by atoms with Crippen LogP contribution in [-0.4, -0.2) is 65.5 Å². The summed E-state index contributed by atoms with van der Waals surface area (Å²) in [7, 11) is -3.77. The zero-order valence-corrected chi connectivity index (χ0v) is 22.5. The molecular weight excluding hydrogens is 496 g/mol. The van der Waals surface area contributed by atoms with Gasteiger partial charge in [0.05, 0.1) is 16.1 Å². The molecule has 6 rings (SSSR count). The van der Waals surface area contributed by atoms with Crippen molar-refractivity contribution >= 4 is 26.9 Å². The minimum absolute atomic E-state index is 0.255. The molecule has 2 atom stereocenters. The van der Waals surface area contributed by atoms with E-state index in [0.29, 0.717) is 23.5 Å². The fraction of sp³-hybridized carbons (Fsp3) is 0.379. The third-order valence-electron chi connectivity index (χ3n) is 7.85. The van der Waals surface area contributed by atoms with E-state index in [-0.39, 0.29) is 4.90 Å². The largest absolute Gasteiger partial charge is 0.351 e. The molecule has 2 aliphatic rings. The lowest BCUT2D eigenvalue weighted by Crippen LogP contribution is -2.50. The molecule has 1 saturated heterocycles. The van der Waals surface area contributed by atoms with Crippen molar-refractivity contribution in [2.75, 3.05) is 31.5 Å². The van der Waals surface area contributed by atoms with Crippen LogP contribution >= 0.6 is 0 Å². The van der Waals surface area contributed by atoms with Gasteiger partial charge < -0.3 is 10.6 Å². The number of rotatable bonds is 6. The molecule has 0 amide bonds. The van der Waals surface area contributed by atoms with E-state index in [9.17, 15) is 8.42 Å². The van der Waals surface area contributed by atoms with E-state index in [1.165, 1.54) is 16.8 Å². The van der Waals surface area contributed by atoms with Crippen molar-refractivity contribution in [2.45, 2.75) is 49.6 Å². The van der Waals surface area contributed by atoms with E-state index in [1.54, 1.807) is 30.5 Å². The van der Waals surface area contributed by atoms with E-state index >= 15 is 0 Å². The summed E-state index contributed by atoms with van der Waals surface area (Å²) in [4.78, 5) is 12.4. The molecule has 9 heteroatoms. The standard InChI is InChI=1S/C29H34N6O2S/c1-21-19-31-29(32-22-8-7-9-23(18-22)34-16-14-30-15-17-34)33-28(21)26-20-35(27-13-6-5-12-25(26)27)38(36,37)24-10-3-2-4-11-24/h2-6,10-13,19-20,22-23,30H,7-9,14-18H2,1H3,(H,31,32,33)/t22-,23?/m1/s1. The van der Waals surface area contributed by atoms with Gasteiger partial charge in [-0.05, 0) is 56.4 Å². The number of anilines is 1. The molecule has 0 spiro atoms. The molecule has 0 radical (unpaired) electrons. The number of aromatic nitrogens is 3. The normalized spacial score (nSPS) is 21.0. The maximum absolute atomic E-state index is 13.6. The number of benzene rings is 2. The minimum atomic E-state index is -3.77. The van der Waals surface area contributed by atoms with Crippen LogP contribution in [-0.2, 0) is 10.0 Å². The summed E-state index contributed by atoms with van der Waals surface area (Å²) in [5, 5.41) is 7.90. The Hall–Kier alpha value is -3.27. The van der Waals surface area contributed by atoms with Gasteiger partial charge in [-0.2, -0.15) is 0 Å². The van der Waals surface area contributed by atoms with Gasteiger partial charge in [-0.3, -0.25) is 4.90 Å². The number of fused-ring (bicyclic) bond motifs is 1. The second-order valence-corrected chi connectivity index (χ2v) is 12.2. The molecule has 3 heterocycles. The summed E-state index contributed by atoms with van der Waals surface area (Å²) < 4.78 is 28.5. The average molecular weight is 531 g/mol. The zero-order chi connectivity index (χ0) is 26.1. The highest BCUT2D eigenvalue weighted by Crippen LogP contribution is 2.34. The van der Waals surface area contributed by atoms with E-state index in [0.717, 1.165) is 61.2 Å². The maximum Gasteiger partial charge on any atom is 0.268 e. The summed E-state index contributed by atoms with van der Waals surface area (Å²) in [5.74, 6) is 0.597. The maximum atomic E-state index is 13.6. The van der Waals surface area contributed by atoms with Gasteiger partial charge in [0.15, 0.2) is 0 Å². The molecule has 2 aromatic heterocycles. The predicted molar refractivity (Wildman–Crippen MR) is 151 cm³/mol. The second-order valence-electron chi connectivity index (χ2n) is 10.3. The van der Waals surface area contributed by atoms with Crippen LogP contribution in [0.25, 0.3) is 22.2 Å². The molecule has 1 aliphatic heterocycles. The molecule has 8 nitrogen and oxygen atoms in total. The van der Waals surface area contributed by atoms with E-state index in [4.69, 9.17) is 4.98 Å². The van der Waals surface area contributed by atoms with Crippen LogP contribution in [0.2, 0.25) is 0 Å². The number of nitrogens with one attached hydrogen (secondary N) is 2. The lowest BCUT2D eigenvalue weighted by atomic mass is 9.89. The number of para-hydroxylation sites is 1. The smallest absolute Gasteiger partial charge is 0.268 e. The van der Waals surface area contributed by atoms with Gasteiger partial charge in [0.1, 0.15) is 0 Å². The molecule has 198 valence electrons. The van der Waals surface area contributed by atoms with Crippen molar-refractivity contribution in [3.05, 3.63) is 72.6 Å². The van der Waals surface area contributed by atoms with E-state index in [2.05, 4.69) is 20.5 Å². The number of hydrogen-bond donors (Lipinski definition) is 2. The summed E-state index contributed by atoms with van der Waals surface area (Å²) in [5.41, 5.74) is 3.06. The Morgan fingerprint density at radius 3 is 2.58 bits per heavy atom. The Balaban J connectivity index is 1.32. The number of hydrogen-bond acceptors (Lipinski definition) is 7. The summed E-state index contributed by atoms with van der Waals surface area (Å²) in [6, 6.07) is 17.0. The third-order valence-corrected chi connectivity index (χ3v) is 9.54. The fourth-order valence-corrected chi connectivity index (χ4v) is 7.27. The van der Waals surface area contributed by atoms with Gasteiger partial charge in [-0.1, -0.05) is 36.4 Å². The molecule has 0 bridgehead atoms. The van der Waals surface area contributed by atoms with Crippen LogP contribution in [0.4, 0.5) is 5.95 Å². The quantitative estimate of drug-likeness (QED) is 0.385. The topological polar surface area (TPSA) is 92.2 Å². The van der Waals surface area contributed by atoms with Gasteiger partial charge >= 0.3 is 0 Å². The Kier molecular flexibility index (Phi) is 6.90. The minimum Gasteiger partial charge on any atom is -0.351 e. The van der Waals surface area contributed by atoms with Crippen molar-refractivity contribution < 1.29 is 8.42 Å². The van der Waals surface area contributed by atoms with Gasteiger partial charge in [0, 0.05) is 61.6 Å². The first-order valence-corrected chi connectivity index (χ1v) is 14.9. The van der Waals surface area contributed by atoms with Crippen LogP contribution in [0.3, 0.4) is 0 Å². The van der Waals surface area contributed by atoms with E-state index in [1.807, 2.05) is 43.5 Å². The van der Waals surface area contributed by atoms with Crippen LogP contribution in [0.1, 0.15) is 31.2 Å². The van der Waals surface area contributed by atoms with Crippen LogP contribution in [0.5, 0.6) is 0 Å². The Morgan fingerprint density at radius 2 is 1.76 bits per heavy atom. The monoisotopic (exact) mass is 530 g/mol. The average Bonchev–Trinajstić information content (AvgIpc) is 3.36. The molecule has 2 N–H and O–H groups in total. The van der Waals surface area contributed by atoms with Crippen molar-refractivity contribution in [2.24, 2.45) is 0 Å². The molecule has 1 saturated carbocycles. The molecule has 1 aliphatic carbocycles. The van der Waals surface area contributed by atoms with Gasteiger partial charge in [-0.25, -0.2) is 22.4 Å². The Labute approximate surface area is 224 Å². The first-order valence-electron chi connectivity index (χ1n) is 13.5. The van der Waals surface area contributed by atoms with Gasteiger partial charge in [0.2, 0.25) is 5.95 Å². The van der Waals surface area contributed by atoms with Gasteiger partial charge in [-0.15, -0.1) is 0 Å². The Morgan fingerprint density at radius 1 is 1.00 bits per heavy atom. The van der Waals surface area contributed by atoms with Crippen molar-refractivity contribution in [1.29, 1.82) is 0 Å². The summed E-state index contributed by atoms with van der Waals surface area (Å²) >= 11 is 0. The van der Waals surface area contributed by atoms with Crippen LogP contribution in [0.15, 0.2) is 71.9 Å². The highest BCUT2D eigenvalue weighted by atomic mass is 32.2. The summed E-state index contributed by atoms with van der Waals surface area (Å²) in [6.45, 7) is 6.31. The van der Waals surface area contributed by atoms with Gasteiger partial charge in [0.25, 0.3) is 10.0 Å². The Bertz CT molecular complexity index is 1530. The zero-order valence-electron chi connectivity index (χ0n) is 21.7. The molecule has 1 unspecified atom stereocenters. The van der Waals surface area contributed by atoms with Crippen molar-refractivity contribution in [1.82, 2.24) is 24.2 Å². The SMILES string of the molecule is Cc1cnc(N[C@@H]2CCCC(N3CCNCC3)C2)nc1-c1cn(S(=O)(=O)c2ccccc2)c2ccccc12. The number of nitrogens with zero attached hydrogens (tertiary/aromatic N) is 4. The molecule has 2 fully saturated rings. The van der Waals surface area contributed by atoms with E-state index < -0.39 is 10.0 Å². The highest BCUT2D eigenvalue weighted by Gasteiger charge is 2.28. The highest BCUT2D eigenvalue weighted by molar-refractivity contribution is 7.90. The third kappa shape index (κ3) is 4.81. The number of aryl methyl sites for hydroxylation is 1. The molecule has 38 heavy (non-hydrogen) atoms. The lowest BCUT2D eigenvalue weighted by Gasteiger charge is -2.39. The first kappa shape index (κ1) is 25.0. The first-order chi connectivity index (χ1) is 18.5. The van der Waals surface area contributed by atoms with Crippen LogP contribution < -0.4 is 10.6 Å². The van der Waals surface area contributed by atoms with Crippen LogP contribution in [0, 0.1) is 6.92 Å². The molecule has 4 aromatic rings. The predicted octanol–water partition coefficient (Wildman–Crippen LogP) is 4.27. The van der Waals surface area contributed by atoms with Crippen molar-refractivity contribution in [3.8, 4) is 11.3 Å². The number of piperazine rings is 1. The summed E-state index contributed by atoms with van der Waals surface area (Å²) in [6.07, 6.45) is 8.15.